The van der Waals surface area contributed by atoms with Gasteiger partial charge in [-0.15, -0.1) is 11.3 Å². The molecular weight excluding hydrogens is 289 g/mol. The molecule has 0 bridgehead atoms. The van der Waals surface area contributed by atoms with Gasteiger partial charge in [0.15, 0.2) is 5.78 Å². The predicted octanol–water partition coefficient (Wildman–Crippen LogP) is 3.73. The lowest BCUT2D eigenvalue weighted by atomic mass is 10.1. The Morgan fingerprint density at radius 3 is 2.52 bits per heavy atom. The second-order valence-electron chi connectivity index (χ2n) is 4.73. The number of amides is 1. The maximum Gasteiger partial charge on any atom is 0.220 e. The van der Waals surface area contributed by atoms with Gasteiger partial charge in [-0.1, -0.05) is 6.07 Å². The zero-order chi connectivity index (χ0) is 15.2. The van der Waals surface area contributed by atoms with Crippen LogP contribution in [0.2, 0.25) is 0 Å². The molecule has 0 aliphatic rings. The van der Waals surface area contributed by atoms with Crippen LogP contribution in [0.4, 0.5) is 4.39 Å². The van der Waals surface area contributed by atoms with Crippen molar-refractivity contribution in [1.29, 1.82) is 0 Å². The maximum absolute atomic E-state index is 12.8. The Hall–Kier alpha value is -2.01. The fourth-order valence-corrected chi connectivity index (χ4v) is 2.66. The summed E-state index contributed by atoms with van der Waals surface area (Å²) in [4.78, 5) is 24.8. The van der Waals surface area contributed by atoms with E-state index in [2.05, 4.69) is 5.32 Å². The highest BCUT2D eigenvalue weighted by molar-refractivity contribution is 7.10. The van der Waals surface area contributed by atoms with Crippen LogP contribution in [0.5, 0.6) is 0 Å². The number of hydrogen-bond donors (Lipinski definition) is 1. The molecule has 0 saturated carbocycles. The monoisotopic (exact) mass is 305 g/mol. The standard InChI is InChI=1S/C16H16FNO2S/c1-11(15-3-2-10-21-15)18-16(20)9-8-14(19)12-4-6-13(17)7-5-12/h2-7,10-11H,8-9H2,1H3,(H,18,20). The molecule has 0 saturated heterocycles. The van der Waals surface area contributed by atoms with E-state index in [1.54, 1.807) is 11.3 Å². The van der Waals surface area contributed by atoms with Crippen LogP contribution in [0.3, 0.4) is 0 Å². The van der Waals surface area contributed by atoms with Crippen molar-refractivity contribution in [3.63, 3.8) is 0 Å². The van der Waals surface area contributed by atoms with Crippen molar-refractivity contribution in [1.82, 2.24) is 5.32 Å². The van der Waals surface area contributed by atoms with Crippen molar-refractivity contribution in [2.75, 3.05) is 0 Å². The number of rotatable bonds is 6. The minimum absolute atomic E-state index is 0.0570. The van der Waals surface area contributed by atoms with E-state index in [0.29, 0.717) is 5.56 Å². The number of carbonyl (C=O) groups is 2. The minimum Gasteiger partial charge on any atom is -0.349 e. The molecule has 1 atom stereocenters. The van der Waals surface area contributed by atoms with Gasteiger partial charge in [-0.25, -0.2) is 4.39 Å². The van der Waals surface area contributed by atoms with Crippen molar-refractivity contribution in [3.05, 3.63) is 58.0 Å². The molecule has 2 aromatic rings. The topological polar surface area (TPSA) is 46.2 Å². The van der Waals surface area contributed by atoms with Gasteiger partial charge in [0.05, 0.1) is 6.04 Å². The quantitative estimate of drug-likeness (QED) is 0.827. The van der Waals surface area contributed by atoms with Crippen LogP contribution in [0, 0.1) is 5.82 Å². The fourth-order valence-electron chi connectivity index (χ4n) is 1.93. The Labute approximate surface area is 126 Å². The second kappa shape index (κ2) is 7.13. The Bertz CT molecular complexity index is 608. The van der Waals surface area contributed by atoms with Crippen LogP contribution in [-0.4, -0.2) is 11.7 Å². The Balaban J connectivity index is 1.81. The molecule has 0 fully saturated rings. The number of benzene rings is 1. The third-order valence-electron chi connectivity index (χ3n) is 3.09. The van der Waals surface area contributed by atoms with Crippen LogP contribution < -0.4 is 5.32 Å². The average Bonchev–Trinajstić information content (AvgIpc) is 3.00. The first-order chi connectivity index (χ1) is 10.1. The van der Waals surface area contributed by atoms with Gasteiger partial charge in [0.1, 0.15) is 5.82 Å². The number of thiophene rings is 1. The van der Waals surface area contributed by atoms with Gasteiger partial charge in [-0.3, -0.25) is 9.59 Å². The molecule has 3 nitrogen and oxygen atoms in total. The third kappa shape index (κ3) is 4.49. The number of Topliss-reactive ketones (excluding diaryl/α,β-unsaturated/α-hetero) is 1. The molecule has 110 valence electrons. The smallest absolute Gasteiger partial charge is 0.220 e. The Morgan fingerprint density at radius 2 is 1.90 bits per heavy atom. The normalized spacial score (nSPS) is 11.9. The number of nitrogens with one attached hydrogen (secondary N) is 1. The summed E-state index contributed by atoms with van der Waals surface area (Å²) in [7, 11) is 0. The van der Waals surface area contributed by atoms with Gasteiger partial charge >= 0.3 is 0 Å². The van der Waals surface area contributed by atoms with E-state index in [0.717, 1.165) is 4.88 Å². The van der Waals surface area contributed by atoms with E-state index >= 15 is 0 Å². The molecule has 0 aliphatic carbocycles. The first kappa shape index (κ1) is 15.4. The van der Waals surface area contributed by atoms with E-state index in [9.17, 15) is 14.0 Å². The lowest BCUT2D eigenvalue weighted by Gasteiger charge is -2.11. The van der Waals surface area contributed by atoms with Crippen molar-refractivity contribution in [2.24, 2.45) is 0 Å². The molecule has 1 unspecified atom stereocenters. The third-order valence-corrected chi connectivity index (χ3v) is 4.15. The van der Waals surface area contributed by atoms with Crippen molar-refractivity contribution < 1.29 is 14.0 Å². The fraction of sp³-hybridized carbons (Fsp3) is 0.250. The Morgan fingerprint density at radius 1 is 1.19 bits per heavy atom. The molecular formula is C16H16FNO2S. The molecule has 0 radical (unpaired) electrons. The maximum atomic E-state index is 12.8. The van der Waals surface area contributed by atoms with Crippen molar-refractivity contribution in [3.8, 4) is 0 Å². The van der Waals surface area contributed by atoms with E-state index in [4.69, 9.17) is 0 Å². The highest BCUT2D eigenvalue weighted by Crippen LogP contribution is 2.18. The number of halogens is 1. The molecule has 1 aromatic heterocycles. The summed E-state index contributed by atoms with van der Waals surface area (Å²) < 4.78 is 12.8. The summed E-state index contributed by atoms with van der Waals surface area (Å²) in [5, 5.41) is 4.81. The molecule has 1 aromatic carbocycles. The molecule has 21 heavy (non-hydrogen) atoms. The van der Waals surface area contributed by atoms with Crippen LogP contribution in [0.25, 0.3) is 0 Å². The number of carbonyl (C=O) groups excluding carboxylic acids is 2. The van der Waals surface area contributed by atoms with Crippen molar-refractivity contribution >= 4 is 23.0 Å². The summed E-state index contributed by atoms with van der Waals surface area (Å²) in [6.45, 7) is 1.91. The van der Waals surface area contributed by atoms with Gasteiger partial charge in [-0.05, 0) is 42.6 Å². The van der Waals surface area contributed by atoms with Gasteiger partial charge in [0.2, 0.25) is 5.91 Å². The van der Waals surface area contributed by atoms with Crippen LogP contribution in [0.1, 0.15) is 41.0 Å². The Kier molecular flexibility index (Phi) is 5.22. The van der Waals surface area contributed by atoms with Crippen LogP contribution in [-0.2, 0) is 4.79 Å². The van der Waals surface area contributed by atoms with E-state index < -0.39 is 0 Å². The predicted molar refractivity (Wildman–Crippen MR) is 80.8 cm³/mol. The number of hydrogen-bond acceptors (Lipinski definition) is 3. The van der Waals surface area contributed by atoms with Crippen LogP contribution >= 0.6 is 11.3 Å². The van der Waals surface area contributed by atoms with Gasteiger partial charge in [0.25, 0.3) is 0 Å². The molecule has 1 amide bonds. The highest BCUT2D eigenvalue weighted by atomic mass is 32.1. The lowest BCUT2D eigenvalue weighted by Crippen LogP contribution is -2.26. The molecule has 2 rings (SSSR count). The number of ketones is 1. The zero-order valence-corrected chi connectivity index (χ0v) is 12.5. The van der Waals surface area contributed by atoms with Gasteiger partial charge < -0.3 is 5.32 Å². The second-order valence-corrected chi connectivity index (χ2v) is 5.71. The summed E-state index contributed by atoms with van der Waals surface area (Å²) in [5.74, 6) is -0.700. The molecule has 0 spiro atoms. The van der Waals surface area contributed by atoms with Crippen LogP contribution in [0.15, 0.2) is 41.8 Å². The highest BCUT2D eigenvalue weighted by Gasteiger charge is 2.13. The molecule has 1 N–H and O–H groups in total. The SMILES string of the molecule is CC(NC(=O)CCC(=O)c1ccc(F)cc1)c1cccs1. The first-order valence-electron chi connectivity index (χ1n) is 6.68. The zero-order valence-electron chi connectivity index (χ0n) is 11.6. The van der Waals surface area contributed by atoms with Gasteiger partial charge in [0, 0.05) is 23.3 Å². The van der Waals surface area contributed by atoms with E-state index in [1.165, 1.54) is 24.3 Å². The first-order valence-corrected chi connectivity index (χ1v) is 7.56. The summed E-state index contributed by atoms with van der Waals surface area (Å²) >= 11 is 1.58. The lowest BCUT2D eigenvalue weighted by molar-refractivity contribution is -0.121. The van der Waals surface area contributed by atoms with Crippen molar-refractivity contribution in [2.45, 2.75) is 25.8 Å². The average molecular weight is 305 g/mol. The molecule has 0 aliphatic heterocycles. The summed E-state index contributed by atoms with van der Waals surface area (Å²) in [6.07, 6.45) is 0.251. The summed E-state index contributed by atoms with van der Waals surface area (Å²) in [6, 6.07) is 9.19. The van der Waals surface area contributed by atoms with Gasteiger partial charge in [-0.2, -0.15) is 0 Å². The minimum atomic E-state index is -0.380. The largest absolute Gasteiger partial charge is 0.349 e. The van der Waals surface area contributed by atoms with E-state index in [1.807, 2.05) is 24.4 Å². The molecule has 5 heteroatoms. The van der Waals surface area contributed by atoms with E-state index in [-0.39, 0.29) is 36.4 Å². The summed E-state index contributed by atoms with van der Waals surface area (Å²) in [5.41, 5.74) is 0.426. The molecule has 1 heterocycles.